The molecule has 9 heteroatoms. The van der Waals surface area contributed by atoms with Gasteiger partial charge in [0.1, 0.15) is 34.3 Å². The third-order valence-corrected chi connectivity index (χ3v) is 8.00. The van der Waals surface area contributed by atoms with Crippen LogP contribution < -0.4 is 9.46 Å². The van der Waals surface area contributed by atoms with E-state index in [0.717, 1.165) is 24.0 Å². The maximum absolute atomic E-state index is 13.4. The quantitative estimate of drug-likeness (QED) is 0.293. The Bertz CT molecular complexity index is 953. The summed E-state index contributed by atoms with van der Waals surface area (Å²) in [6.45, 7) is 6.94. The lowest BCUT2D eigenvalue weighted by Gasteiger charge is -2.37. The van der Waals surface area contributed by atoms with Gasteiger partial charge in [-0.25, -0.2) is 0 Å². The summed E-state index contributed by atoms with van der Waals surface area (Å²) in [4.78, 5) is 24.9. The van der Waals surface area contributed by atoms with Crippen molar-refractivity contribution in [2.45, 2.75) is 62.8 Å². The standard InChI is InChI=1S/C25H33NO6S2/c1-24(2,3)34(29)26-25(19-10-13-33-17-19,16-20(27)15-23(28)30-4)18-6-5-7-22(14-18)32-21-8-11-31-12-9-21/h5-7,10,13-14,17,21,26H,8-9,11-12,15-16H2,1-4H3. The molecule has 1 N–H and O–H groups in total. The van der Waals surface area contributed by atoms with Crippen molar-refractivity contribution in [3.05, 3.63) is 52.2 Å². The number of esters is 1. The molecule has 2 heterocycles. The predicted molar refractivity (Wildman–Crippen MR) is 133 cm³/mol. The van der Waals surface area contributed by atoms with E-state index in [0.29, 0.717) is 19.0 Å². The summed E-state index contributed by atoms with van der Waals surface area (Å²) in [6, 6.07) is 9.46. The smallest absolute Gasteiger partial charge is 0.313 e. The Morgan fingerprint density at radius 1 is 1.21 bits per heavy atom. The Morgan fingerprint density at radius 3 is 2.56 bits per heavy atom. The van der Waals surface area contributed by atoms with Crippen molar-refractivity contribution >= 4 is 34.5 Å². The zero-order valence-corrected chi connectivity index (χ0v) is 21.8. The minimum absolute atomic E-state index is 0.0529. The lowest BCUT2D eigenvalue weighted by Crippen LogP contribution is -2.53. The van der Waals surface area contributed by atoms with E-state index in [1.165, 1.54) is 18.4 Å². The van der Waals surface area contributed by atoms with Gasteiger partial charge in [-0.1, -0.05) is 12.1 Å². The molecule has 3 rings (SSSR count). The highest BCUT2D eigenvalue weighted by Gasteiger charge is 2.44. The van der Waals surface area contributed by atoms with Crippen LogP contribution in [0, 0.1) is 0 Å². The van der Waals surface area contributed by atoms with Gasteiger partial charge in [0.05, 0.1) is 20.3 Å². The fraction of sp³-hybridized carbons (Fsp3) is 0.520. The average molecular weight is 508 g/mol. The molecule has 2 aromatic rings. The molecule has 1 saturated heterocycles. The second-order valence-corrected chi connectivity index (χ2v) is 12.1. The van der Waals surface area contributed by atoms with Crippen molar-refractivity contribution in [2.24, 2.45) is 0 Å². The third kappa shape index (κ3) is 6.82. The van der Waals surface area contributed by atoms with Crippen molar-refractivity contribution in [3.63, 3.8) is 0 Å². The van der Waals surface area contributed by atoms with Gasteiger partial charge in [0.2, 0.25) is 0 Å². The van der Waals surface area contributed by atoms with Crippen LogP contribution in [0.5, 0.6) is 5.75 Å². The van der Waals surface area contributed by atoms with E-state index in [2.05, 4.69) is 4.72 Å². The summed E-state index contributed by atoms with van der Waals surface area (Å²) in [6.07, 6.45) is 1.25. The number of ether oxygens (including phenoxy) is 3. The number of hydrogen-bond donors (Lipinski definition) is 1. The van der Waals surface area contributed by atoms with Gasteiger partial charge >= 0.3 is 5.97 Å². The van der Waals surface area contributed by atoms with Crippen LogP contribution in [-0.2, 0) is 36.0 Å². The zero-order chi connectivity index (χ0) is 24.8. The molecule has 2 atom stereocenters. The lowest BCUT2D eigenvalue weighted by molar-refractivity contribution is -0.143. The predicted octanol–water partition coefficient (Wildman–Crippen LogP) is 4.12. The highest BCUT2D eigenvalue weighted by Crippen LogP contribution is 2.39. The van der Waals surface area contributed by atoms with E-state index < -0.39 is 27.6 Å². The molecule has 1 aliphatic heterocycles. The molecule has 1 aliphatic rings. The Hall–Kier alpha value is -1.91. The van der Waals surface area contributed by atoms with Crippen LogP contribution >= 0.6 is 11.3 Å². The number of carbonyl (C=O) groups excluding carboxylic acids is 2. The lowest BCUT2D eigenvalue weighted by atomic mass is 9.80. The Balaban J connectivity index is 2.04. The molecule has 0 aliphatic carbocycles. The van der Waals surface area contributed by atoms with Crippen LogP contribution in [-0.4, -0.2) is 47.5 Å². The van der Waals surface area contributed by atoms with E-state index in [4.69, 9.17) is 14.2 Å². The summed E-state index contributed by atoms with van der Waals surface area (Å²) < 4.78 is 32.4. The number of hydrogen-bond acceptors (Lipinski definition) is 8. The maximum atomic E-state index is 13.4. The SMILES string of the molecule is COC(=O)CC(=O)CC(N[S+]([O-])C(C)(C)C)(c1ccsc1)c1cccc(OC2CCOCC2)c1. The highest BCUT2D eigenvalue weighted by atomic mass is 32.2. The minimum Gasteiger partial charge on any atom is -0.598 e. The van der Waals surface area contributed by atoms with E-state index in [9.17, 15) is 14.1 Å². The molecule has 2 unspecified atom stereocenters. The Labute approximate surface area is 208 Å². The van der Waals surface area contributed by atoms with Gasteiger partial charge in [-0.05, 0) is 60.9 Å². The molecule has 186 valence electrons. The number of benzene rings is 1. The molecule has 1 aromatic carbocycles. The van der Waals surface area contributed by atoms with Crippen molar-refractivity contribution < 1.29 is 28.4 Å². The van der Waals surface area contributed by atoms with Crippen LogP contribution in [0.25, 0.3) is 0 Å². The molecular formula is C25H33NO6S2. The van der Waals surface area contributed by atoms with Gasteiger partial charge < -0.3 is 18.8 Å². The molecule has 0 bridgehead atoms. The summed E-state index contributed by atoms with van der Waals surface area (Å²) in [5.41, 5.74) is 0.431. The number of ketones is 1. The maximum Gasteiger partial charge on any atom is 0.313 e. The van der Waals surface area contributed by atoms with Gasteiger partial charge in [0.25, 0.3) is 0 Å². The average Bonchev–Trinajstić information content (AvgIpc) is 3.34. The van der Waals surface area contributed by atoms with Gasteiger partial charge in [-0.3, -0.25) is 9.59 Å². The van der Waals surface area contributed by atoms with Gasteiger partial charge in [0, 0.05) is 30.6 Å². The number of nitrogens with one attached hydrogen (secondary N) is 1. The molecule has 0 amide bonds. The molecule has 1 aromatic heterocycles. The molecule has 34 heavy (non-hydrogen) atoms. The van der Waals surface area contributed by atoms with Crippen molar-refractivity contribution in [3.8, 4) is 5.75 Å². The summed E-state index contributed by atoms with van der Waals surface area (Å²) >= 11 is -0.0199. The minimum atomic E-state index is -1.51. The number of rotatable bonds is 10. The normalized spacial score (nSPS) is 17.6. The van der Waals surface area contributed by atoms with Crippen LogP contribution in [0.15, 0.2) is 41.1 Å². The first kappa shape index (κ1) is 26.7. The number of Topliss-reactive ketones (excluding diaryl/α,β-unsaturated/α-hetero) is 1. The van der Waals surface area contributed by atoms with Crippen LogP contribution in [0.4, 0.5) is 0 Å². The zero-order valence-electron chi connectivity index (χ0n) is 20.1. The highest BCUT2D eigenvalue weighted by molar-refractivity contribution is 7.90. The Kier molecular flexibility index (Phi) is 9.17. The molecule has 0 radical (unpaired) electrons. The fourth-order valence-corrected chi connectivity index (χ4v) is 5.42. The first-order chi connectivity index (χ1) is 16.1. The topological polar surface area (TPSA) is 96.9 Å². The van der Waals surface area contributed by atoms with Crippen LogP contribution in [0.2, 0.25) is 0 Å². The monoisotopic (exact) mass is 507 g/mol. The second kappa shape index (κ2) is 11.7. The van der Waals surface area contributed by atoms with Gasteiger partial charge in [0.15, 0.2) is 0 Å². The van der Waals surface area contributed by atoms with Crippen molar-refractivity contribution in [1.29, 1.82) is 0 Å². The van der Waals surface area contributed by atoms with E-state index in [1.807, 2.05) is 61.9 Å². The van der Waals surface area contributed by atoms with Crippen molar-refractivity contribution in [2.75, 3.05) is 20.3 Å². The molecule has 1 fully saturated rings. The number of methoxy groups -OCH3 is 1. The van der Waals surface area contributed by atoms with Crippen molar-refractivity contribution in [1.82, 2.24) is 4.72 Å². The molecule has 0 saturated carbocycles. The molecule has 7 nitrogen and oxygen atoms in total. The first-order valence-corrected chi connectivity index (χ1v) is 13.4. The largest absolute Gasteiger partial charge is 0.598 e. The Morgan fingerprint density at radius 2 is 1.94 bits per heavy atom. The van der Waals surface area contributed by atoms with Gasteiger partial charge in [-0.15, -0.1) is 4.72 Å². The van der Waals surface area contributed by atoms with Crippen LogP contribution in [0.1, 0.15) is 57.6 Å². The van der Waals surface area contributed by atoms with Gasteiger partial charge in [-0.2, -0.15) is 11.3 Å². The number of thiophene rings is 1. The summed E-state index contributed by atoms with van der Waals surface area (Å²) in [5, 5.41) is 3.85. The molecular weight excluding hydrogens is 474 g/mol. The van der Waals surface area contributed by atoms with E-state index in [1.54, 1.807) is 0 Å². The fourth-order valence-electron chi connectivity index (χ4n) is 3.76. The second-order valence-electron chi connectivity index (χ2n) is 9.33. The van der Waals surface area contributed by atoms with E-state index in [-0.39, 0.29) is 24.7 Å². The first-order valence-electron chi connectivity index (χ1n) is 11.3. The third-order valence-electron chi connectivity index (χ3n) is 5.67. The summed E-state index contributed by atoms with van der Waals surface area (Å²) in [5.74, 6) is -0.238. The number of carbonyl (C=O) groups is 2. The van der Waals surface area contributed by atoms with E-state index >= 15 is 0 Å². The van der Waals surface area contributed by atoms with Crippen LogP contribution in [0.3, 0.4) is 0 Å². The summed E-state index contributed by atoms with van der Waals surface area (Å²) in [7, 11) is 1.26. The molecule has 0 spiro atoms.